The first-order valence-corrected chi connectivity index (χ1v) is 10.1. The summed E-state index contributed by atoms with van der Waals surface area (Å²) in [6, 6.07) is 5.78. The van der Waals surface area contributed by atoms with Gasteiger partial charge in [0.1, 0.15) is 5.76 Å². The zero-order chi connectivity index (χ0) is 20.4. The van der Waals surface area contributed by atoms with Gasteiger partial charge in [0.05, 0.1) is 43.1 Å². The van der Waals surface area contributed by atoms with Gasteiger partial charge in [0.25, 0.3) is 5.56 Å². The normalized spacial score (nSPS) is 15.5. The Labute approximate surface area is 169 Å². The standard InChI is InChI=1S/C21H27N5O3/c1-15(2)19-12-22-20(29-19)13-24-5-7-25(8-6-24)16-3-4-17-18(11-16)23-14-26(9-10-27)21(17)28/h3-4,11-12,14-15,27H,5-10,13H2,1-2H3. The number of oxazole rings is 1. The second kappa shape index (κ2) is 8.34. The van der Waals surface area contributed by atoms with Crippen LogP contribution in [-0.4, -0.2) is 57.3 Å². The summed E-state index contributed by atoms with van der Waals surface area (Å²) in [5, 5.41) is 9.64. The predicted octanol–water partition coefficient (Wildman–Crippen LogP) is 1.82. The van der Waals surface area contributed by atoms with Gasteiger partial charge in [-0.25, -0.2) is 9.97 Å². The molecular formula is C21H27N5O3. The molecule has 3 heterocycles. The minimum atomic E-state index is -0.118. The van der Waals surface area contributed by atoms with Crippen LogP contribution in [0.25, 0.3) is 10.9 Å². The molecule has 8 nitrogen and oxygen atoms in total. The zero-order valence-corrected chi connectivity index (χ0v) is 16.9. The third kappa shape index (κ3) is 4.18. The molecule has 1 aromatic carbocycles. The summed E-state index contributed by atoms with van der Waals surface area (Å²) in [7, 11) is 0. The molecule has 0 unspecified atom stereocenters. The van der Waals surface area contributed by atoms with Crippen molar-refractivity contribution >= 4 is 16.6 Å². The Morgan fingerprint density at radius 2 is 1.97 bits per heavy atom. The molecular weight excluding hydrogens is 370 g/mol. The number of anilines is 1. The number of fused-ring (bicyclic) bond motifs is 1. The number of piperazine rings is 1. The van der Waals surface area contributed by atoms with Crippen LogP contribution in [0.3, 0.4) is 0 Å². The number of rotatable bonds is 6. The Bertz CT molecular complexity index is 1030. The summed E-state index contributed by atoms with van der Waals surface area (Å²) in [4.78, 5) is 25.9. The molecule has 4 rings (SSSR count). The number of benzene rings is 1. The van der Waals surface area contributed by atoms with Gasteiger partial charge in [-0.15, -0.1) is 0 Å². The summed E-state index contributed by atoms with van der Waals surface area (Å²) in [5.74, 6) is 2.05. The van der Waals surface area contributed by atoms with Crippen LogP contribution in [0.15, 0.2) is 39.9 Å². The van der Waals surface area contributed by atoms with Gasteiger partial charge in [-0.05, 0) is 18.2 Å². The molecule has 1 aliphatic heterocycles. The third-order valence-corrected chi connectivity index (χ3v) is 5.39. The van der Waals surface area contributed by atoms with Crippen LogP contribution >= 0.6 is 0 Å². The van der Waals surface area contributed by atoms with Crippen molar-refractivity contribution in [1.29, 1.82) is 0 Å². The maximum absolute atomic E-state index is 12.4. The fourth-order valence-corrected chi connectivity index (χ4v) is 3.63. The molecule has 154 valence electrons. The minimum absolute atomic E-state index is 0.0816. The van der Waals surface area contributed by atoms with Crippen LogP contribution < -0.4 is 10.5 Å². The van der Waals surface area contributed by atoms with Crippen molar-refractivity contribution in [1.82, 2.24) is 19.4 Å². The lowest BCUT2D eigenvalue weighted by Gasteiger charge is -2.35. The van der Waals surface area contributed by atoms with Crippen LogP contribution in [0.2, 0.25) is 0 Å². The third-order valence-electron chi connectivity index (χ3n) is 5.39. The number of aliphatic hydroxyl groups is 1. The van der Waals surface area contributed by atoms with Gasteiger partial charge in [-0.1, -0.05) is 13.8 Å². The maximum Gasteiger partial charge on any atom is 0.261 e. The van der Waals surface area contributed by atoms with Crippen molar-refractivity contribution in [2.45, 2.75) is 32.9 Å². The lowest BCUT2D eigenvalue weighted by molar-refractivity contribution is 0.223. The van der Waals surface area contributed by atoms with Crippen molar-refractivity contribution in [2.24, 2.45) is 0 Å². The van der Waals surface area contributed by atoms with E-state index in [0.717, 1.165) is 50.1 Å². The smallest absolute Gasteiger partial charge is 0.261 e. The molecule has 0 aliphatic carbocycles. The molecule has 3 aromatic rings. The van der Waals surface area contributed by atoms with Crippen molar-refractivity contribution in [3.8, 4) is 0 Å². The first-order chi connectivity index (χ1) is 14.0. The Balaban J connectivity index is 1.42. The summed E-state index contributed by atoms with van der Waals surface area (Å²) in [5.41, 5.74) is 1.64. The lowest BCUT2D eigenvalue weighted by Crippen LogP contribution is -2.46. The maximum atomic E-state index is 12.4. The van der Waals surface area contributed by atoms with Gasteiger partial charge in [0.2, 0.25) is 5.89 Å². The molecule has 0 radical (unpaired) electrons. The number of hydrogen-bond acceptors (Lipinski definition) is 7. The van der Waals surface area contributed by atoms with Crippen molar-refractivity contribution in [3.63, 3.8) is 0 Å². The number of aromatic nitrogens is 3. The topological polar surface area (TPSA) is 87.6 Å². The van der Waals surface area contributed by atoms with E-state index in [1.165, 1.54) is 10.9 Å². The first kappa shape index (κ1) is 19.6. The van der Waals surface area contributed by atoms with Crippen LogP contribution in [-0.2, 0) is 13.1 Å². The van der Waals surface area contributed by atoms with E-state index >= 15 is 0 Å². The van der Waals surface area contributed by atoms with E-state index in [2.05, 4.69) is 33.6 Å². The highest BCUT2D eigenvalue weighted by atomic mass is 16.4. The molecule has 0 amide bonds. The summed E-state index contributed by atoms with van der Waals surface area (Å²) < 4.78 is 7.26. The molecule has 29 heavy (non-hydrogen) atoms. The van der Waals surface area contributed by atoms with Gasteiger partial charge in [-0.2, -0.15) is 0 Å². The average molecular weight is 397 g/mol. The van der Waals surface area contributed by atoms with Crippen LogP contribution in [0.1, 0.15) is 31.4 Å². The average Bonchev–Trinajstić information content (AvgIpc) is 3.19. The Kier molecular flexibility index (Phi) is 5.64. The van der Waals surface area contributed by atoms with E-state index in [1.807, 2.05) is 24.4 Å². The Morgan fingerprint density at radius 3 is 2.66 bits per heavy atom. The fraction of sp³-hybridized carbons (Fsp3) is 0.476. The monoisotopic (exact) mass is 397 g/mol. The van der Waals surface area contributed by atoms with Gasteiger partial charge in [0, 0.05) is 37.8 Å². The lowest BCUT2D eigenvalue weighted by atomic mass is 10.2. The molecule has 1 N–H and O–H groups in total. The van der Waals surface area contributed by atoms with Crippen LogP contribution in [0, 0.1) is 0 Å². The van der Waals surface area contributed by atoms with Gasteiger partial charge in [-0.3, -0.25) is 14.3 Å². The molecule has 0 saturated carbocycles. The van der Waals surface area contributed by atoms with Gasteiger partial charge < -0.3 is 14.4 Å². The van der Waals surface area contributed by atoms with E-state index in [0.29, 0.717) is 16.8 Å². The number of aliphatic hydroxyl groups excluding tert-OH is 1. The summed E-state index contributed by atoms with van der Waals surface area (Å²) in [6.45, 7) is 8.73. The Hall–Kier alpha value is -2.71. The molecule has 1 aliphatic rings. The van der Waals surface area contributed by atoms with E-state index in [4.69, 9.17) is 9.52 Å². The quantitative estimate of drug-likeness (QED) is 0.679. The molecule has 8 heteroatoms. The van der Waals surface area contributed by atoms with E-state index in [9.17, 15) is 4.79 Å². The molecule has 0 bridgehead atoms. The van der Waals surface area contributed by atoms with E-state index in [1.54, 1.807) is 0 Å². The second-order valence-electron chi connectivity index (χ2n) is 7.74. The largest absolute Gasteiger partial charge is 0.444 e. The van der Waals surface area contributed by atoms with E-state index in [-0.39, 0.29) is 18.7 Å². The summed E-state index contributed by atoms with van der Waals surface area (Å²) >= 11 is 0. The van der Waals surface area contributed by atoms with E-state index < -0.39 is 0 Å². The highest BCUT2D eigenvalue weighted by molar-refractivity contribution is 5.81. The number of nitrogens with zero attached hydrogens (tertiary/aromatic N) is 5. The first-order valence-electron chi connectivity index (χ1n) is 10.1. The Morgan fingerprint density at radius 1 is 1.17 bits per heavy atom. The molecule has 0 spiro atoms. The molecule has 1 fully saturated rings. The number of hydrogen-bond donors (Lipinski definition) is 1. The van der Waals surface area contributed by atoms with Gasteiger partial charge >= 0.3 is 0 Å². The zero-order valence-electron chi connectivity index (χ0n) is 16.9. The SMILES string of the molecule is CC(C)c1cnc(CN2CCN(c3ccc4c(=O)n(CCO)cnc4c3)CC2)o1. The highest BCUT2D eigenvalue weighted by Gasteiger charge is 2.20. The molecule has 1 saturated heterocycles. The molecule has 0 atom stereocenters. The molecule has 2 aromatic heterocycles. The van der Waals surface area contributed by atoms with Crippen molar-refractivity contribution < 1.29 is 9.52 Å². The van der Waals surface area contributed by atoms with Gasteiger partial charge in [0.15, 0.2) is 0 Å². The van der Waals surface area contributed by atoms with Crippen LogP contribution in [0.5, 0.6) is 0 Å². The van der Waals surface area contributed by atoms with Crippen LogP contribution in [0.4, 0.5) is 5.69 Å². The summed E-state index contributed by atoms with van der Waals surface area (Å²) in [6.07, 6.45) is 3.33. The highest BCUT2D eigenvalue weighted by Crippen LogP contribution is 2.21. The minimum Gasteiger partial charge on any atom is -0.444 e. The fourth-order valence-electron chi connectivity index (χ4n) is 3.63. The van der Waals surface area contributed by atoms with Crippen molar-refractivity contribution in [3.05, 3.63) is 52.7 Å². The predicted molar refractivity (Wildman–Crippen MR) is 111 cm³/mol. The second-order valence-corrected chi connectivity index (χ2v) is 7.74. The van der Waals surface area contributed by atoms with Crippen molar-refractivity contribution in [2.75, 3.05) is 37.7 Å².